The lowest BCUT2D eigenvalue weighted by Gasteiger charge is -2.15. The molecule has 0 saturated carbocycles. The van der Waals surface area contributed by atoms with Gasteiger partial charge in [0.25, 0.3) is 5.91 Å². The first-order valence-electron chi connectivity index (χ1n) is 7.76. The molecule has 0 unspecified atom stereocenters. The third-order valence-corrected chi connectivity index (χ3v) is 5.74. The van der Waals surface area contributed by atoms with Gasteiger partial charge < -0.3 is 10.1 Å². The summed E-state index contributed by atoms with van der Waals surface area (Å²) < 4.78 is 66.7. The van der Waals surface area contributed by atoms with Crippen LogP contribution in [0, 0.1) is 0 Å². The van der Waals surface area contributed by atoms with Gasteiger partial charge in [-0.15, -0.1) is 13.2 Å². The highest BCUT2D eigenvalue weighted by molar-refractivity contribution is 7.89. The number of alkyl halides is 3. The number of nitrogens with one attached hydrogen (secondary N) is 1. The second-order valence-corrected chi connectivity index (χ2v) is 8.33. The SMILES string of the molecule is CN(C)S(=O)(=O)c1ccc(Cl)c(C(=O)NCc2ccccc2OC(F)(F)F)c1. The number of ether oxygens (including phenoxy) is 1. The summed E-state index contributed by atoms with van der Waals surface area (Å²) in [5.74, 6) is -1.20. The third kappa shape index (κ3) is 5.37. The molecule has 28 heavy (non-hydrogen) atoms. The smallest absolute Gasteiger partial charge is 0.405 e. The average molecular weight is 437 g/mol. The molecule has 2 rings (SSSR count). The molecule has 1 amide bonds. The van der Waals surface area contributed by atoms with E-state index in [1.807, 2.05) is 0 Å². The lowest BCUT2D eigenvalue weighted by molar-refractivity contribution is -0.274. The van der Waals surface area contributed by atoms with E-state index in [4.69, 9.17) is 11.6 Å². The number of sulfonamides is 1. The predicted molar refractivity (Wildman–Crippen MR) is 96.6 cm³/mol. The molecule has 0 aliphatic rings. The summed E-state index contributed by atoms with van der Waals surface area (Å²) in [6.45, 7) is -0.286. The summed E-state index contributed by atoms with van der Waals surface area (Å²) >= 11 is 5.98. The predicted octanol–water partition coefficient (Wildman–Crippen LogP) is 3.42. The first-order chi connectivity index (χ1) is 12.9. The second-order valence-electron chi connectivity index (χ2n) is 5.77. The molecule has 2 aromatic rings. The van der Waals surface area contributed by atoms with Crippen molar-refractivity contribution >= 4 is 27.5 Å². The molecule has 0 spiro atoms. The van der Waals surface area contributed by atoms with Crippen molar-refractivity contribution in [1.29, 1.82) is 0 Å². The normalized spacial score (nSPS) is 12.1. The van der Waals surface area contributed by atoms with Gasteiger partial charge >= 0.3 is 6.36 Å². The molecule has 1 N–H and O–H groups in total. The zero-order chi connectivity index (χ0) is 21.1. The Morgan fingerprint density at radius 2 is 1.82 bits per heavy atom. The van der Waals surface area contributed by atoms with Crippen LogP contribution in [0.1, 0.15) is 15.9 Å². The molecule has 11 heteroatoms. The molecule has 0 heterocycles. The molecule has 152 valence electrons. The quantitative estimate of drug-likeness (QED) is 0.753. The minimum absolute atomic E-state index is 0.00460. The summed E-state index contributed by atoms with van der Waals surface area (Å²) in [5, 5.41) is 2.41. The number of carbonyl (C=O) groups excluding carboxylic acids is 1. The lowest BCUT2D eigenvalue weighted by atomic mass is 10.1. The molecular formula is C17H16ClF3N2O4S. The highest BCUT2D eigenvalue weighted by Crippen LogP contribution is 2.26. The molecule has 2 aromatic carbocycles. The number of amides is 1. The third-order valence-electron chi connectivity index (χ3n) is 3.60. The van der Waals surface area contributed by atoms with Crippen molar-refractivity contribution in [3.8, 4) is 5.75 Å². The van der Waals surface area contributed by atoms with Crippen LogP contribution in [0.2, 0.25) is 5.02 Å². The molecule has 0 bridgehead atoms. The van der Waals surface area contributed by atoms with Gasteiger partial charge in [-0.1, -0.05) is 29.8 Å². The molecular weight excluding hydrogens is 421 g/mol. The van der Waals surface area contributed by atoms with E-state index in [9.17, 15) is 26.4 Å². The topological polar surface area (TPSA) is 75.7 Å². The number of hydrogen-bond acceptors (Lipinski definition) is 4. The van der Waals surface area contributed by atoms with Gasteiger partial charge in [-0.05, 0) is 24.3 Å². The summed E-state index contributed by atoms with van der Waals surface area (Å²) in [6.07, 6.45) is -4.88. The van der Waals surface area contributed by atoms with E-state index in [1.54, 1.807) is 0 Å². The number of hydrogen-bond donors (Lipinski definition) is 1. The van der Waals surface area contributed by atoms with E-state index in [0.717, 1.165) is 16.4 Å². The number of para-hydroxylation sites is 1. The van der Waals surface area contributed by atoms with Crippen LogP contribution in [0.25, 0.3) is 0 Å². The summed E-state index contributed by atoms with van der Waals surface area (Å²) in [7, 11) is -1.12. The Morgan fingerprint density at radius 3 is 2.43 bits per heavy atom. The fourth-order valence-corrected chi connectivity index (χ4v) is 3.33. The lowest BCUT2D eigenvalue weighted by Crippen LogP contribution is -2.26. The van der Waals surface area contributed by atoms with Gasteiger partial charge in [-0.3, -0.25) is 4.79 Å². The molecule has 0 saturated heterocycles. The minimum Gasteiger partial charge on any atom is -0.405 e. The number of benzene rings is 2. The summed E-state index contributed by atoms with van der Waals surface area (Å²) in [5.41, 5.74) is -0.0415. The van der Waals surface area contributed by atoms with Crippen molar-refractivity contribution in [3.63, 3.8) is 0 Å². The Kier molecular flexibility index (Phi) is 6.58. The molecule has 0 aromatic heterocycles. The minimum atomic E-state index is -4.88. The molecule has 0 atom stereocenters. The number of halogens is 4. The van der Waals surface area contributed by atoms with E-state index in [0.29, 0.717) is 0 Å². The highest BCUT2D eigenvalue weighted by atomic mass is 35.5. The molecule has 6 nitrogen and oxygen atoms in total. The highest BCUT2D eigenvalue weighted by Gasteiger charge is 2.32. The van der Waals surface area contributed by atoms with Crippen LogP contribution in [0.5, 0.6) is 5.75 Å². The van der Waals surface area contributed by atoms with E-state index in [2.05, 4.69) is 10.1 Å². The van der Waals surface area contributed by atoms with E-state index in [-0.39, 0.29) is 27.6 Å². The maximum Gasteiger partial charge on any atom is 0.573 e. The van der Waals surface area contributed by atoms with Gasteiger partial charge in [-0.25, -0.2) is 12.7 Å². The number of carbonyl (C=O) groups is 1. The first-order valence-corrected chi connectivity index (χ1v) is 9.57. The fourth-order valence-electron chi connectivity index (χ4n) is 2.19. The van der Waals surface area contributed by atoms with E-state index < -0.39 is 28.0 Å². The van der Waals surface area contributed by atoms with Crippen molar-refractivity contribution in [3.05, 3.63) is 58.6 Å². The Hall–Kier alpha value is -2.30. The van der Waals surface area contributed by atoms with Gasteiger partial charge in [0.05, 0.1) is 15.5 Å². The first kappa shape index (κ1) is 22.0. The molecule has 0 aliphatic heterocycles. The van der Waals surface area contributed by atoms with Gasteiger partial charge in [-0.2, -0.15) is 0 Å². The van der Waals surface area contributed by atoms with Gasteiger partial charge in [0, 0.05) is 26.2 Å². The van der Waals surface area contributed by atoms with Crippen molar-refractivity contribution in [2.75, 3.05) is 14.1 Å². The zero-order valence-corrected chi connectivity index (χ0v) is 16.3. The monoisotopic (exact) mass is 436 g/mol. The van der Waals surface area contributed by atoms with Crippen LogP contribution in [-0.4, -0.2) is 39.1 Å². The zero-order valence-electron chi connectivity index (χ0n) is 14.7. The van der Waals surface area contributed by atoms with Gasteiger partial charge in [0.1, 0.15) is 5.75 Å². The average Bonchev–Trinajstić information content (AvgIpc) is 2.59. The Morgan fingerprint density at radius 1 is 1.18 bits per heavy atom. The Labute approximate surface area is 164 Å². The van der Waals surface area contributed by atoms with Crippen LogP contribution < -0.4 is 10.1 Å². The largest absolute Gasteiger partial charge is 0.573 e. The van der Waals surface area contributed by atoms with Crippen LogP contribution >= 0.6 is 11.6 Å². The van der Waals surface area contributed by atoms with Crippen molar-refractivity contribution in [2.45, 2.75) is 17.8 Å². The fraction of sp³-hybridized carbons (Fsp3) is 0.235. The van der Waals surface area contributed by atoms with Gasteiger partial charge in [0.15, 0.2) is 0 Å². The van der Waals surface area contributed by atoms with Crippen molar-refractivity contribution in [1.82, 2.24) is 9.62 Å². The maximum absolute atomic E-state index is 12.5. The maximum atomic E-state index is 12.5. The summed E-state index contributed by atoms with van der Waals surface area (Å²) in [6, 6.07) is 8.93. The van der Waals surface area contributed by atoms with Crippen LogP contribution in [-0.2, 0) is 16.6 Å². The molecule has 0 fully saturated rings. The molecule has 0 radical (unpaired) electrons. The Balaban J connectivity index is 2.23. The van der Waals surface area contributed by atoms with Gasteiger partial charge in [0.2, 0.25) is 10.0 Å². The summed E-state index contributed by atoms with van der Waals surface area (Å²) in [4.78, 5) is 12.3. The van der Waals surface area contributed by atoms with Crippen molar-refractivity contribution < 1.29 is 31.1 Å². The van der Waals surface area contributed by atoms with Crippen LogP contribution in [0.3, 0.4) is 0 Å². The van der Waals surface area contributed by atoms with E-state index in [1.165, 1.54) is 44.4 Å². The standard InChI is InChI=1S/C17H16ClF3N2O4S/c1-23(2)28(25,26)12-7-8-14(18)13(9-12)16(24)22-10-11-5-3-4-6-15(11)27-17(19,20)21/h3-9H,10H2,1-2H3,(H,22,24). The van der Waals surface area contributed by atoms with Crippen LogP contribution in [0.15, 0.2) is 47.4 Å². The Bertz CT molecular complexity index is 979. The number of nitrogens with zero attached hydrogens (tertiary/aromatic N) is 1. The van der Waals surface area contributed by atoms with Crippen molar-refractivity contribution in [2.24, 2.45) is 0 Å². The van der Waals surface area contributed by atoms with E-state index >= 15 is 0 Å². The number of rotatable bonds is 6. The van der Waals surface area contributed by atoms with Crippen LogP contribution in [0.4, 0.5) is 13.2 Å². The molecule has 0 aliphatic carbocycles. The second kappa shape index (κ2) is 8.38.